The van der Waals surface area contributed by atoms with E-state index in [-0.39, 0.29) is 0 Å². The van der Waals surface area contributed by atoms with Crippen molar-refractivity contribution in [2.45, 2.75) is 42.6 Å². The van der Waals surface area contributed by atoms with Crippen LogP contribution in [0.1, 0.15) is 32.6 Å². The Kier molecular flexibility index (Phi) is 7.66. The first kappa shape index (κ1) is 14.5. The minimum Gasteiger partial charge on any atom is -0.316 e. The van der Waals surface area contributed by atoms with E-state index in [2.05, 4.69) is 52.3 Å². The molecule has 0 aliphatic carbocycles. The van der Waals surface area contributed by atoms with Crippen LogP contribution < -0.4 is 10.6 Å². The molecule has 0 aromatic carbocycles. The van der Waals surface area contributed by atoms with Crippen LogP contribution in [0.25, 0.3) is 0 Å². The molecule has 0 amide bonds. The quantitative estimate of drug-likeness (QED) is 0.443. The number of rotatable bonds is 6. The fourth-order valence-corrected chi connectivity index (χ4v) is 3.05. The Bertz CT molecular complexity index is 200. The molecule has 0 radical (unpaired) electrons. The summed E-state index contributed by atoms with van der Waals surface area (Å²) in [6.45, 7) is 4.63. The van der Waals surface area contributed by atoms with Crippen molar-refractivity contribution in [1.29, 1.82) is 0 Å². The summed E-state index contributed by atoms with van der Waals surface area (Å²) in [4.78, 5) is 0. The molecule has 2 N–H and O–H groups in total. The summed E-state index contributed by atoms with van der Waals surface area (Å²) in [6, 6.07) is 0.504. The van der Waals surface area contributed by atoms with Crippen LogP contribution in [0.15, 0.2) is 12.2 Å². The molecule has 1 aliphatic heterocycles. The summed E-state index contributed by atoms with van der Waals surface area (Å²) in [6.07, 6.45) is 9.90. The second kappa shape index (κ2) is 8.48. The summed E-state index contributed by atoms with van der Waals surface area (Å²) in [5.41, 5.74) is 0. The van der Waals surface area contributed by atoms with Crippen molar-refractivity contribution < 1.29 is 0 Å². The molecule has 0 aromatic rings. The van der Waals surface area contributed by atoms with Crippen molar-refractivity contribution in [2.75, 3.05) is 20.1 Å². The number of halogens is 1. The molecule has 16 heavy (non-hydrogen) atoms. The topological polar surface area (TPSA) is 24.1 Å². The summed E-state index contributed by atoms with van der Waals surface area (Å²) >= 11 is 2.64. The van der Waals surface area contributed by atoms with Gasteiger partial charge in [0.2, 0.25) is 0 Å². The highest BCUT2D eigenvalue weighted by atomic mass is 127. The van der Waals surface area contributed by atoms with Crippen LogP contribution >= 0.6 is 22.6 Å². The van der Waals surface area contributed by atoms with Crippen molar-refractivity contribution in [3.63, 3.8) is 0 Å². The Morgan fingerprint density at radius 3 is 3.00 bits per heavy atom. The maximum atomic E-state index is 3.50. The molecule has 1 fully saturated rings. The lowest BCUT2D eigenvalue weighted by atomic mass is 9.94. The lowest BCUT2D eigenvalue weighted by Crippen LogP contribution is -2.34. The van der Waals surface area contributed by atoms with Gasteiger partial charge in [0.25, 0.3) is 0 Å². The number of nitrogens with one attached hydrogen (secondary N) is 2. The molecule has 1 heterocycles. The van der Waals surface area contributed by atoms with E-state index in [1.54, 1.807) is 0 Å². The fraction of sp³-hybridized carbons (Fsp3) is 0.846. The minimum atomic E-state index is 0.504. The Balaban J connectivity index is 2.13. The number of hydrogen-bond acceptors (Lipinski definition) is 2. The molecule has 3 heteroatoms. The SMILES string of the molecule is CN[C@H](C)/C=C\CC[C@H](I)C1CCCNC1. The standard InChI is InChI=1S/C13H25IN2/c1-11(15-2)6-3-4-8-13(14)12-7-5-9-16-10-12/h3,6,11-13,15-16H,4-5,7-10H2,1-2H3/b6-3-/t11-,12?,13+/m1/s1. The lowest BCUT2D eigenvalue weighted by Gasteiger charge is -2.27. The highest BCUT2D eigenvalue weighted by Crippen LogP contribution is 2.24. The first-order valence-corrected chi connectivity index (χ1v) is 7.67. The van der Waals surface area contributed by atoms with E-state index < -0.39 is 0 Å². The van der Waals surface area contributed by atoms with E-state index in [1.165, 1.54) is 38.8 Å². The van der Waals surface area contributed by atoms with Crippen molar-refractivity contribution in [3.8, 4) is 0 Å². The van der Waals surface area contributed by atoms with Crippen molar-refractivity contribution >= 4 is 22.6 Å². The van der Waals surface area contributed by atoms with Crippen molar-refractivity contribution in [1.82, 2.24) is 10.6 Å². The molecule has 94 valence electrons. The molecule has 0 saturated carbocycles. The number of allylic oxidation sites excluding steroid dienone is 1. The molecule has 0 spiro atoms. The van der Waals surface area contributed by atoms with Crippen molar-refractivity contribution in [3.05, 3.63) is 12.2 Å². The zero-order valence-electron chi connectivity index (χ0n) is 10.5. The molecular weight excluding hydrogens is 311 g/mol. The van der Waals surface area contributed by atoms with Gasteiger partial charge in [-0.2, -0.15) is 0 Å². The van der Waals surface area contributed by atoms with Gasteiger partial charge in [-0.3, -0.25) is 0 Å². The Morgan fingerprint density at radius 1 is 1.56 bits per heavy atom. The molecule has 0 aromatic heterocycles. The maximum Gasteiger partial charge on any atom is 0.0218 e. The summed E-state index contributed by atoms with van der Waals surface area (Å²) in [7, 11) is 2.00. The normalized spacial score (nSPS) is 25.8. The van der Waals surface area contributed by atoms with Gasteiger partial charge in [0, 0.05) is 9.97 Å². The zero-order valence-corrected chi connectivity index (χ0v) is 12.7. The molecule has 2 nitrogen and oxygen atoms in total. The third-order valence-corrected chi connectivity index (χ3v) is 4.98. The van der Waals surface area contributed by atoms with E-state index in [9.17, 15) is 0 Å². The predicted octanol–water partition coefficient (Wildman–Crippen LogP) is 2.73. The Hall–Kier alpha value is 0.390. The monoisotopic (exact) mass is 336 g/mol. The number of alkyl halides is 1. The first-order chi connectivity index (χ1) is 7.74. The van der Waals surface area contributed by atoms with Gasteiger partial charge in [-0.1, -0.05) is 34.7 Å². The fourth-order valence-electron chi connectivity index (χ4n) is 2.08. The van der Waals surface area contributed by atoms with E-state index in [4.69, 9.17) is 0 Å². The molecule has 1 unspecified atom stereocenters. The van der Waals surface area contributed by atoms with Crippen LogP contribution in [0.4, 0.5) is 0 Å². The summed E-state index contributed by atoms with van der Waals surface area (Å²) in [5.74, 6) is 0.893. The van der Waals surface area contributed by atoms with E-state index in [1.807, 2.05) is 7.05 Å². The van der Waals surface area contributed by atoms with Gasteiger partial charge in [0.1, 0.15) is 0 Å². The van der Waals surface area contributed by atoms with Gasteiger partial charge < -0.3 is 10.6 Å². The summed E-state index contributed by atoms with van der Waals surface area (Å²) < 4.78 is 0.833. The minimum absolute atomic E-state index is 0.504. The van der Waals surface area contributed by atoms with E-state index in [0.717, 1.165) is 9.84 Å². The second-order valence-corrected chi connectivity index (χ2v) is 6.31. The van der Waals surface area contributed by atoms with Gasteiger partial charge in [-0.05, 0) is 58.7 Å². The van der Waals surface area contributed by atoms with Gasteiger partial charge >= 0.3 is 0 Å². The van der Waals surface area contributed by atoms with E-state index in [0.29, 0.717) is 6.04 Å². The van der Waals surface area contributed by atoms with Crippen LogP contribution in [0.3, 0.4) is 0 Å². The van der Waals surface area contributed by atoms with Gasteiger partial charge in [0.15, 0.2) is 0 Å². The maximum absolute atomic E-state index is 3.50. The number of hydrogen-bond donors (Lipinski definition) is 2. The van der Waals surface area contributed by atoms with Gasteiger partial charge in [-0.25, -0.2) is 0 Å². The third kappa shape index (κ3) is 5.64. The highest BCUT2D eigenvalue weighted by Gasteiger charge is 2.20. The third-order valence-electron chi connectivity index (χ3n) is 3.34. The lowest BCUT2D eigenvalue weighted by molar-refractivity contribution is 0.368. The van der Waals surface area contributed by atoms with Crippen LogP contribution in [0, 0.1) is 5.92 Å². The largest absolute Gasteiger partial charge is 0.316 e. The predicted molar refractivity (Wildman–Crippen MR) is 80.3 cm³/mol. The molecule has 1 aliphatic rings. The number of piperidine rings is 1. The Morgan fingerprint density at radius 2 is 2.38 bits per heavy atom. The van der Waals surface area contributed by atoms with Crippen LogP contribution in [-0.2, 0) is 0 Å². The number of likely N-dealkylation sites (N-methyl/N-ethyl adjacent to an activating group) is 1. The molecule has 1 saturated heterocycles. The second-order valence-electron chi connectivity index (χ2n) is 4.71. The Labute approximate surface area is 114 Å². The van der Waals surface area contributed by atoms with Crippen LogP contribution in [0.5, 0.6) is 0 Å². The molecule has 3 atom stereocenters. The van der Waals surface area contributed by atoms with Crippen LogP contribution in [0.2, 0.25) is 0 Å². The molecule has 0 bridgehead atoms. The average Bonchev–Trinajstić information content (AvgIpc) is 2.35. The smallest absolute Gasteiger partial charge is 0.0218 e. The van der Waals surface area contributed by atoms with E-state index >= 15 is 0 Å². The highest BCUT2D eigenvalue weighted by molar-refractivity contribution is 14.1. The summed E-state index contributed by atoms with van der Waals surface area (Å²) in [5, 5.41) is 6.72. The average molecular weight is 336 g/mol. The van der Waals surface area contributed by atoms with Crippen molar-refractivity contribution in [2.24, 2.45) is 5.92 Å². The van der Waals surface area contributed by atoms with Gasteiger partial charge in [0.05, 0.1) is 0 Å². The van der Waals surface area contributed by atoms with Crippen LogP contribution in [-0.4, -0.2) is 30.1 Å². The molecular formula is C13H25IN2. The first-order valence-electron chi connectivity index (χ1n) is 6.42. The molecule has 1 rings (SSSR count). The van der Waals surface area contributed by atoms with Gasteiger partial charge in [-0.15, -0.1) is 0 Å². The zero-order chi connectivity index (χ0) is 11.8.